The number of carbonyl (C=O) groups excluding carboxylic acids is 1. The second-order valence-corrected chi connectivity index (χ2v) is 10.4. The lowest BCUT2D eigenvalue weighted by Gasteiger charge is -2.49. The van der Waals surface area contributed by atoms with Crippen LogP contribution in [0, 0.1) is 12.3 Å². The number of amides is 2. The van der Waals surface area contributed by atoms with Crippen LogP contribution in [0.4, 0.5) is 10.5 Å². The average molecular weight is 434 g/mol. The topological polar surface area (TPSA) is 109 Å². The number of hydrogen-bond acceptors (Lipinski definition) is 6. The van der Waals surface area contributed by atoms with Gasteiger partial charge >= 0.3 is 6.03 Å². The number of nitrogens with one attached hydrogen (secondary N) is 1. The Kier molecular flexibility index (Phi) is 5.31. The number of aryl methyl sites for hydroxylation is 2. The summed E-state index contributed by atoms with van der Waals surface area (Å²) in [5.41, 5.74) is 1.49. The molecule has 1 aromatic carbocycles. The summed E-state index contributed by atoms with van der Waals surface area (Å²) in [4.78, 5) is 18.8. The van der Waals surface area contributed by atoms with E-state index in [1.807, 2.05) is 24.3 Å². The van der Waals surface area contributed by atoms with Crippen LogP contribution < -0.4 is 5.32 Å². The molecule has 0 aliphatic carbocycles. The largest absolute Gasteiger partial charge is 0.339 e. The Hall–Kier alpha value is -2.46. The van der Waals surface area contributed by atoms with Crippen molar-refractivity contribution in [3.8, 4) is 0 Å². The molecule has 0 saturated carbocycles. The number of rotatable bonds is 5. The number of nitrogens with zero attached hydrogens (tertiary/aromatic N) is 4. The highest BCUT2D eigenvalue weighted by Crippen LogP contribution is 2.49. The van der Waals surface area contributed by atoms with Crippen molar-refractivity contribution in [2.75, 3.05) is 37.2 Å². The van der Waals surface area contributed by atoms with Gasteiger partial charge in [-0.05, 0) is 38.0 Å². The SMILES string of the molecule is CCc1cccc(NC(=O)N2CC3(C2)CN(S(=O)(=O)CC)CC3c2nc(C)no2)c1. The highest BCUT2D eigenvalue weighted by atomic mass is 32.2. The van der Waals surface area contributed by atoms with Gasteiger partial charge in [0, 0.05) is 37.3 Å². The predicted molar refractivity (Wildman–Crippen MR) is 112 cm³/mol. The summed E-state index contributed by atoms with van der Waals surface area (Å²) in [6.07, 6.45) is 0.892. The van der Waals surface area contributed by atoms with Crippen LogP contribution in [-0.4, -0.2) is 65.7 Å². The summed E-state index contributed by atoms with van der Waals surface area (Å²) in [7, 11) is -3.35. The lowest BCUT2D eigenvalue weighted by atomic mass is 9.71. The lowest BCUT2D eigenvalue weighted by Crippen LogP contribution is -2.62. The minimum atomic E-state index is -3.35. The number of carbonyl (C=O) groups is 1. The zero-order valence-corrected chi connectivity index (χ0v) is 18.3. The van der Waals surface area contributed by atoms with Crippen LogP contribution in [0.2, 0.25) is 0 Å². The maximum atomic E-state index is 12.7. The first-order valence-corrected chi connectivity index (χ1v) is 11.8. The Bertz CT molecular complexity index is 1040. The normalized spacial score (nSPS) is 21.0. The number of aromatic nitrogens is 2. The van der Waals surface area contributed by atoms with E-state index in [2.05, 4.69) is 22.4 Å². The first-order chi connectivity index (χ1) is 14.3. The van der Waals surface area contributed by atoms with E-state index in [9.17, 15) is 13.2 Å². The van der Waals surface area contributed by atoms with Crippen LogP contribution in [0.15, 0.2) is 28.8 Å². The van der Waals surface area contributed by atoms with Crippen LogP contribution in [-0.2, 0) is 16.4 Å². The van der Waals surface area contributed by atoms with Crippen molar-refractivity contribution in [1.29, 1.82) is 0 Å². The van der Waals surface area contributed by atoms with Crippen molar-refractivity contribution in [1.82, 2.24) is 19.3 Å². The van der Waals surface area contributed by atoms with E-state index in [4.69, 9.17) is 4.52 Å². The van der Waals surface area contributed by atoms with Gasteiger partial charge in [0.2, 0.25) is 15.9 Å². The van der Waals surface area contributed by atoms with Gasteiger partial charge in [-0.15, -0.1) is 0 Å². The van der Waals surface area contributed by atoms with Gasteiger partial charge < -0.3 is 14.7 Å². The first kappa shape index (κ1) is 20.8. The van der Waals surface area contributed by atoms with Crippen LogP contribution in [0.3, 0.4) is 0 Å². The molecule has 1 unspecified atom stereocenters. The minimum Gasteiger partial charge on any atom is -0.339 e. The molecule has 9 nitrogen and oxygen atoms in total. The molecule has 1 spiro atoms. The van der Waals surface area contributed by atoms with Crippen molar-refractivity contribution in [3.05, 3.63) is 41.5 Å². The highest BCUT2D eigenvalue weighted by molar-refractivity contribution is 7.89. The average Bonchev–Trinajstić information content (AvgIpc) is 3.31. The molecule has 2 saturated heterocycles. The molecule has 2 aliphatic rings. The van der Waals surface area contributed by atoms with E-state index < -0.39 is 15.4 Å². The number of anilines is 1. The smallest absolute Gasteiger partial charge is 0.321 e. The van der Waals surface area contributed by atoms with Gasteiger partial charge in [-0.2, -0.15) is 4.98 Å². The van der Waals surface area contributed by atoms with Gasteiger partial charge in [-0.3, -0.25) is 0 Å². The summed E-state index contributed by atoms with van der Waals surface area (Å²) in [5, 5.41) is 6.81. The number of hydrogen-bond donors (Lipinski definition) is 1. The molecule has 0 radical (unpaired) electrons. The maximum Gasteiger partial charge on any atom is 0.321 e. The third-order valence-corrected chi connectivity index (χ3v) is 7.90. The van der Waals surface area contributed by atoms with Crippen molar-refractivity contribution in [2.45, 2.75) is 33.1 Å². The molecule has 3 heterocycles. The standard InChI is InChI=1S/C20H27N5O4S/c1-4-15-7-6-8-16(9-15)22-19(26)24-11-20(12-24)13-25(30(27,28)5-2)10-17(20)18-21-14(3)23-29-18/h6-9,17H,4-5,10-13H2,1-3H3,(H,22,26). The molecule has 30 heavy (non-hydrogen) atoms. The molecule has 1 atom stereocenters. The van der Waals surface area contributed by atoms with E-state index in [0.717, 1.165) is 17.7 Å². The fourth-order valence-electron chi connectivity index (χ4n) is 4.36. The number of benzene rings is 1. The molecule has 4 rings (SSSR count). The third-order valence-electron chi connectivity index (χ3n) is 6.10. The van der Waals surface area contributed by atoms with Crippen LogP contribution in [0.25, 0.3) is 0 Å². The van der Waals surface area contributed by atoms with E-state index in [1.165, 1.54) is 4.31 Å². The van der Waals surface area contributed by atoms with Gasteiger partial charge in [0.05, 0.1) is 11.7 Å². The maximum absolute atomic E-state index is 12.7. The Morgan fingerprint density at radius 2 is 2.07 bits per heavy atom. The molecule has 1 aromatic heterocycles. The van der Waals surface area contributed by atoms with Gasteiger partial charge in [0.1, 0.15) is 0 Å². The van der Waals surface area contributed by atoms with Crippen molar-refractivity contribution >= 4 is 21.7 Å². The summed E-state index contributed by atoms with van der Waals surface area (Å²) in [6.45, 7) is 6.96. The molecule has 0 bridgehead atoms. The molecule has 1 N–H and O–H groups in total. The van der Waals surface area contributed by atoms with Gasteiger partial charge in [0.25, 0.3) is 0 Å². The number of urea groups is 1. The number of sulfonamides is 1. The van der Waals surface area contributed by atoms with E-state index in [0.29, 0.717) is 37.9 Å². The minimum absolute atomic E-state index is 0.0383. The van der Waals surface area contributed by atoms with Crippen LogP contribution in [0.5, 0.6) is 0 Å². The zero-order valence-electron chi connectivity index (χ0n) is 17.5. The monoisotopic (exact) mass is 433 g/mol. The fraction of sp³-hybridized carbons (Fsp3) is 0.550. The Labute approximate surface area is 176 Å². The molecule has 2 aliphatic heterocycles. The molecular formula is C20H27N5O4S. The summed E-state index contributed by atoms with van der Waals surface area (Å²) < 4.78 is 31.9. The van der Waals surface area contributed by atoms with Crippen molar-refractivity contribution < 1.29 is 17.7 Å². The van der Waals surface area contributed by atoms with Crippen LogP contribution >= 0.6 is 0 Å². The van der Waals surface area contributed by atoms with Crippen LogP contribution in [0.1, 0.15) is 37.0 Å². The first-order valence-electron chi connectivity index (χ1n) is 10.2. The molecule has 2 fully saturated rings. The van der Waals surface area contributed by atoms with Crippen molar-refractivity contribution in [3.63, 3.8) is 0 Å². The van der Waals surface area contributed by atoms with Gasteiger partial charge in [-0.1, -0.05) is 24.2 Å². The third kappa shape index (κ3) is 3.69. The van der Waals surface area contributed by atoms with E-state index in [-0.39, 0.29) is 17.7 Å². The molecule has 2 amide bonds. The van der Waals surface area contributed by atoms with Crippen molar-refractivity contribution in [2.24, 2.45) is 5.41 Å². The Balaban J connectivity index is 1.50. The van der Waals surface area contributed by atoms with E-state index >= 15 is 0 Å². The fourth-order valence-corrected chi connectivity index (χ4v) is 5.56. The Morgan fingerprint density at radius 1 is 1.30 bits per heavy atom. The highest BCUT2D eigenvalue weighted by Gasteiger charge is 2.59. The second kappa shape index (κ2) is 7.66. The number of likely N-dealkylation sites (tertiary alicyclic amines) is 1. The quantitative estimate of drug-likeness (QED) is 0.775. The molecule has 10 heteroatoms. The lowest BCUT2D eigenvalue weighted by molar-refractivity contribution is 0.0292. The zero-order chi connectivity index (χ0) is 21.5. The molecule has 2 aromatic rings. The predicted octanol–water partition coefficient (Wildman–Crippen LogP) is 2.22. The summed E-state index contributed by atoms with van der Waals surface area (Å²) in [6, 6.07) is 7.58. The van der Waals surface area contributed by atoms with Gasteiger partial charge in [0.15, 0.2) is 5.82 Å². The van der Waals surface area contributed by atoms with E-state index in [1.54, 1.807) is 18.7 Å². The van der Waals surface area contributed by atoms with Gasteiger partial charge in [-0.25, -0.2) is 17.5 Å². The summed E-state index contributed by atoms with van der Waals surface area (Å²) in [5.74, 6) is 0.766. The molecule has 162 valence electrons. The second-order valence-electron chi connectivity index (χ2n) is 8.13. The summed E-state index contributed by atoms with van der Waals surface area (Å²) >= 11 is 0. The Morgan fingerprint density at radius 3 is 2.70 bits per heavy atom. The molecular weight excluding hydrogens is 406 g/mol.